The molecule has 0 aliphatic heterocycles. The van der Waals surface area contributed by atoms with Gasteiger partial charge in [0, 0.05) is 6.54 Å². The number of benzene rings is 1. The molecule has 1 aromatic heterocycles. The molecule has 0 saturated carbocycles. The number of nitrogens with one attached hydrogen (secondary N) is 1. The molecular formula is C15H19N3O4. The molecule has 118 valence electrons. The zero-order chi connectivity index (χ0) is 15.9. The lowest BCUT2D eigenvalue weighted by molar-refractivity contribution is -0.120. The summed E-state index contributed by atoms with van der Waals surface area (Å²) in [5.74, 6) is 2.05. The smallest absolute Gasteiger partial charge is 0.236 e. The zero-order valence-corrected chi connectivity index (χ0v) is 12.9. The van der Waals surface area contributed by atoms with Gasteiger partial charge in [0.25, 0.3) is 0 Å². The maximum absolute atomic E-state index is 11.8. The van der Waals surface area contributed by atoms with Crippen molar-refractivity contribution < 1.29 is 18.8 Å². The van der Waals surface area contributed by atoms with Crippen molar-refractivity contribution >= 4 is 5.91 Å². The molecule has 1 amide bonds. The van der Waals surface area contributed by atoms with Crippen molar-refractivity contribution in [2.75, 3.05) is 20.8 Å². The van der Waals surface area contributed by atoms with Gasteiger partial charge in [-0.05, 0) is 31.0 Å². The van der Waals surface area contributed by atoms with E-state index in [1.165, 1.54) is 0 Å². The van der Waals surface area contributed by atoms with Crippen LogP contribution in [0.2, 0.25) is 0 Å². The minimum atomic E-state index is -0.149. The number of carbonyl (C=O) groups is 1. The Labute approximate surface area is 128 Å². The van der Waals surface area contributed by atoms with Gasteiger partial charge in [-0.15, -0.1) is 0 Å². The largest absolute Gasteiger partial charge is 0.493 e. The Balaban J connectivity index is 1.82. The molecule has 0 radical (unpaired) electrons. The first-order chi connectivity index (χ1) is 10.6. The van der Waals surface area contributed by atoms with Crippen LogP contribution in [0.25, 0.3) is 0 Å². The molecular weight excluding hydrogens is 286 g/mol. The third-order valence-electron chi connectivity index (χ3n) is 3.07. The normalized spacial score (nSPS) is 10.3. The predicted molar refractivity (Wildman–Crippen MR) is 79.0 cm³/mol. The van der Waals surface area contributed by atoms with Gasteiger partial charge in [-0.25, -0.2) is 0 Å². The molecule has 1 N–H and O–H groups in total. The fourth-order valence-corrected chi connectivity index (χ4v) is 1.99. The Morgan fingerprint density at radius 2 is 2.05 bits per heavy atom. The van der Waals surface area contributed by atoms with Gasteiger partial charge in [0.1, 0.15) is 6.42 Å². The van der Waals surface area contributed by atoms with Gasteiger partial charge < -0.3 is 19.3 Å². The van der Waals surface area contributed by atoms with Crippen LogP contribution in [0.3, 0.4) is 0 Å². The monoisotopic (exact) mass is 305 g/mol. The fourth-order valence-electron chi connectivity index (χ4n) is 1.99. The van der Waals surface area contributed by atoms with Crippen LogP contribution in [0.1, 0.15) is 17.3 Å². The Hall–Kier alpha value is -2.57. The van der Waals surface area contributed by atoms with Crippen LogP contribution in [0.15, 0.2) is 22.7 Å². The van der Waals surface area contributed by atoms with E-state index in [4.69, 9.17) is 14.0 Å². The number of aryl methyl sites for hydroxylation is 1. The van der Waals surface area contributed by atoms with Crippen molar-refractivity contribution in [3.63, 3.8) is 0 Å². The van der Waals surface area contributed by atoms with Crippen molar-refractivity contribution in [3.05, 3.63) is 35.5 Å². The molecule has 0 spiro atoms. The molecule has 0 aliphatic carbocycles. The third-order valence-corrected chi connectivity index (χ3v) is 3.07. The zero-order valence-electron chi connectivity index (χ0n) is 12.9. The maximum Gasteiger partial charge on any atom is 0.236 e. The van der Waals surface area contributed by atoms with E-state index >= 15 is 0 Å². The molecule has 7 heteroatoms. The van der Waals surface area contributed by atoms with Gasteiger partial charge in [0.15, 0.2) is 17.3 Å². The lowest BCUT2D eigenvalue weighted by Gasteiger charge is -2.09. The third kappa shape index (κ3) is 4.21. The Morgan fingerprint density at radius 1 is 1.27 bits per heavy atom. The number of methoxy groups -OCH3 is 2. The number of rotatable bonds is 7. The topological polar surface area (TPSA) is 86.5 Å². The van der Waals surface area contributed by atoms with E-state index in [1.54, 1.807) is 21.1 Å². The van der Waals surface area contributed by atoms with E-state index in [-0.39, 0.29) is 12.3 Å². The molecule has 0 aliphatic rings. The first-order valence-corrected chi connectivity index (χ1v) is 6.89. The van der Waals surface area contributed by atoms with E-state index in [0.29, 0.717) is 36.2 Å². The Morgan fingerprint density at radius 3 is 2.68 bits per heavy atom. The number of amides is 1. The van der Waals surface area contributed by atoms with E-state index in [0.717, 1.165) is 5.56 Å². The van der Waals surface area contributed by atoms with Crippen molar-refractivity contribution in [2.24, 2.45) is 0 Å². The molecule has 22 heavy (non-hydrogen) atoms. The first-order valence-electron chi connectivity index (χ1n) is 6.89. The average molecular weight is 305 g/mol. The highest BCUT2D eigenvalue weighted by Gasteiger charge is 2.09. The molecule has 2 aromatic rings. The van der Waals surface area contributed by atoms with Crippen LogP contribution in [-0.4, -0.2) is 36.8 Å². The van der Waals surface area contributed by atoms with Crippen molar-refractivity contribution in [1.29, 1.82) is 0 Å². The second kappa shape index (κ2) is 7.44. The van der Waals surface area contributed by atoms with Gasteiger partial charge in [-0.3, -0.25) is 4.79 Å². The molecule has 1 heterocycles. The standard InChI is InChI=1S/C15H19N3O4/c1-10-17-15(22-18-10)9-14(19)16-7-6-11-4-5-12(20-2)13(8-11)21-3/h4-5,8H,6-7,9H2,1-3H3,(H,16,19). The lowest BCUT2D eigenvalue weighted by Crippen LogP contribution is -2.27. The molecule has 0 atom stereocenters. The molecule has 0 unspecified atom stereocenters. The van der Waals surface area contributed by atoms with Gasteiger partial charge >= 0.3 is 0 Å². The number of nitrogens with zero attached hydrogens (tertiary/aromatic N) is 2. The summed E-state index contributed by atoms with van der Waals surface area (Å²) < 4.78 is 15.3. The number of carbonyl (C=O) groups excluding carboxylic acids is 1. The molecule has 7 nitrogen and oxygen atoms in total. The van der Waals surface area contributed by atoms with Crippen LogP contribution >= 0.6 is 0 Å². The highest BCUT2D eigenvalue weighted by atomic mass is 16.5. The van der Waals surface area contributed by atoms with Gasteiger partial charge in [-0.2, -0.15) is 4.98 Å². The fraction of sp³-hybridized carbons (Fsp3) is 0.400. The molecule has 0 bridgehead atoms. The lowest BCUT2D eigenvalue weighted by atomic mass is 10.1. The Bertz CT molecular complexity index is 639. The van der Waals surface area contributed by atoms with Crippen LogP contribution in [-0.2, 0) is 17.6 Å². The number of hydrogen-bond acceptors (Lipinski definition) is 6. The van der Waals surface area contributed by atoms with Crippen LogP contribution in [0.5, 0.6) is 11.5 Å². The summed E-state index contributed by atoms with van der Waals surface area (Å²) in [4.78, 5) is 15.7. The molecule has 0 saturated heterocycles. The summed E-state index contributed by atoms with van der Waals surface area (Å²) in [7, 11) is 3.19. The molecule has 0 fully saturated rings. The number of hydrogen-bond donors (Lipinski definition) is 1. The maximum atomic E-state index is 11.8. The Kier molecular flexibility index (Phi) is 5.35. The van der Waals surface area contributed by atoms with Crippen LogP contribution in [0.4, 0.5) is 0 Å². The molecule has 1 aromatic carbocycles. The van der Waals surface area contributed by atoms with Crippen molar-refractivity contribution in [1.82, 2.24) is 15.5 Å². The highest BCUT2D eigenvalue weighted by molar-refractivity contribution is 5.77. The van der Waals surface area contributed by atoms with E-state index < -0.39 is 0 Å². The van der Waals surface area contributed by atoms with Gasteiger partial charge in [0.05, 0.1) is 14.2 Å². The SMILES string of the molecule is COc1ccc(CCNC(=O)Cc2nc(C)no2)cc1OC. The summed E-state index contributed by atoms with van der Waals surface area (Å²) >= 11 is 0. The summed E-state index contributed by atoms with van der Waals surface area (Å²) in [5.41, 5.74) is 1.05. The highest BCUT2D eigenvalue weighted by Crippen LogP contribution is 2.27. The van der Waals surface area contributed by atoms with Crippen molar-refractivity contribution in [3.8, 4) is 11.5 Å². The summed E-state index contributed by atoms with van der Waals surface area (Å²) in [5, 5.41) is 6.46. The van der Waals surface area contributed by atoms with Crippen LogP contribution < -0.4 is 14.8 Å². The van der Waals surface area contributed by atoms with E-state index in [2.05, 4.69) is 15.5 Å². The van der Waals surface area contributed by atoms with Gasteiger partial charge in [-0.1, -0.05) is 11.2 Å². The second-order valence-electron chi connectivity index (χ2n) is 4.70. The first kappa shape index (κ1) is 15.8. The summed E-state index contributed by atoms with van der Waals surface area (Å²) in [6.07, 6.45) is 0.779. The van der Waals surface area contributed by atoms with E-state index in [9.17, 15) is 4.79 Å². The average Bonchev–Trinajstić information content (AvgIpc) is 2.92. The second-order valence-corrected chi connectivity index (χ2v) is 4.70. The number of aromatic nitrogens is 2. The number of ether oxygens (including phenoxy) is 2. The quantitative estimate of drug-likeness (QED) is 0.829. The predicted octanol–water partition coefficient (Wildman–Crippen LogP) is 1.30. The van der Waals surface area contributed by atoms with Crippen LogP contribution in [0, 0.1) is 6.92 Å². The summed E-state index contributed by atoms with van der Waals surface area (Å²) in [6.45, 7) is 2.23. The van der Waals surface area contributed by atoms with Crippen molar-refractivity contribution in [2.45, 2.75) is 19.8 Å². The summed E-state index contributed by atoms with van der Waals surface area (Å²) in [6, 6.07) is 5.68. The molecule has 2 rings (SSSR count). The minimum Gasteiger partial charge on any atom is -0.493 e. The van der Waals surface area contributed by atoms with E-state index in [1.807, 2.05) is 18.2 Å². The van der Waals surface area contributed by atoms with Gasteiger partial charge in [0.2, 0.25) is 11.8 Å². The minimum absolute atomic E-state index is 0.0901.